The maximum Gasteiger partial charge on any atom is 0.237 e. The molecule has 1 aliphatic heterocycles. The van der Waals surface area contributed by atoms with E-state index in [-0.39, 0.29) is 24.4 Å². The summed E-state index contributed by atoms with van der Waals surface area (Å²) in [6, 6.07) is 8.10. The molecule has 0 aromatic heterocycles. The van der Waals surface area contributed by atoms with Gasteiger partial charge >= 0.3 is 0 Å². The van der Waals surface area contributed by atoms with E-state index in [1.807, 2.05) is 24.3 Å². The summed E-state index contributed by atoms with van der Waals surface area (Å²) in [6.07, 6.45) is 5.19. The van der Waals surface area contributed by atoms with Crippen molar-refractivity contribution < 1.29 is 9.53 Å². The molecule has 124 valence electrons. The van der Waals surface area contributed by atoms with E-state index in [0.717, 1.165) is 44.5 Å². The van der Waals surface area contributed by atoms with Crippen molar-refractivity contribution in [3.05, 3.63) is 29.8 Å². The third kappa shape index (κ3) is 6.67. The van der Waals surface area contributed by atoms with Crippen LogP contribution in [0.15, 0.2) is 24.3 Å². The van der Waals surface area contributed by atoms with E-state index in [9.17, 15) is 4.79 Å². The molecule has 1 heterocycles. The van der Waals surface area contributed by atoms with Crippen LogP contribution in [0.2, 0.25) is 0 Å². The first-order valence-corrected chi connectivity index (χ1v) is 7.96. The molecule has 1 aliphatic rings. The summed E-state index contributed by atoms with van der Waals surface area (Å²) in [6.45, 7) is 4.45. The Balaban J connectivity index is 0.00000242. The van der Waals surface area contributed by atoms with Crippen LogP contribution in [0.4, 0.5) is 0 Å². The molecule has 0 aliphatic carbocycles. The summed E-state index contributed by atoms with van der Waals surface area (Å²) in [5.74, 6) is 1.06. The number of aryl methyl sites for hydroxylation is 1. The second-order valence-corrected chi connectivity index (χ2v) is 5.66. The Bertz CT molecular complexity index is 431. The van der Waals surface area contributed by atoms with Gasteiger partial charge in [0.25, 0.3) is 0 Å². The number of ether oxygens (including phenoxy) is 1. The van der Waals surface area contributed by atoms with Gasteiger partial charge in [0.05, 0.1) is 12.6 Å². The number of unbranched alkanes of at least 4 members (excludes halogenated alkanes) is 1. The SMILES string of the molecule is Cc1ccc(OCCCCNC(=O)C2CCCCN2)cc1.Cl. The van der Waals surface area contributed by atoms with Crippen molar-refractivity contribution in [2.45, 2.75) is 45.1 Å². The largest absolute Gasteiger partial charge is 0.494 e. The molecule has 1 unspecified atom stereocenters. The monoisotopic (exact) mass is 326 g/mol. The zero-order valence-corrected chi connectivity index (χ0v) is 14.1. The lowest BCUT2D eigenvalue weighted by molar-refractivity contribution is -0.123. The molecule has 2 N–H and O–H groups in total. The average molecular weight is 327 g/mol. The number of carbonyl (C=O) groups is 1. The molecule has 2 rings (SSSR count). The Labute approximate surface area is 139 Å². The van der Waals surface area contributed by atoms with Gasteiger partial charge in [-0.05, 0) is 51.3 Å². The third-order valence-corrected chi connectivity index (χ3v) is 3.79. The van der Waals surface area contributed by atoms with Crippen molar-refractivity contribution in [3.8, 4) is 5.75 Å². The highest BCUT2D eigenvalue weighted by molar-refractivity contribution is 5.85. The molecular weight excluding hydrogens is 300 g/mol. The number of rotatable bonds is 7. The van der Waals surface area contributed by atoms with Crippen LogP contribution >= 0.6 is 12.4 Å². The molecule has 0 spiro atoms. The van der Waals surface area contributed by atoms with E-state index in [4.69, 9.17) is 4.74 Å². The van der Waals surface area contributed by atoms with E-state index < -0.39 is 0 Å². The summed E-state index contributed by atoms with van der Waals surface area (Å²) >= 11 is 0. The fraction of sp³-hybridized carbons (Fsp3) is 0.588. The average Bonchev–Trinajstić information content (AvgIpc) is 2.53. The van der Waals surface area contributed by atoms with E-state index in [2.05, 4.69) is 17.6 Å². The predicted molar refractivity (Wildman–Crippen MR) is 91.8 cm³/mol. The number of carbonyl (C=O) groups excluding carboxylic acids is 1. The summed E-state index contributed by atoms with van der Waals surface area (Å²) in [5.41, 5.74) is 1.24. The number of hydrogen-bond donors (Lipinski definition) is 2. The molecule has 1 saturated heterocycles. The first kappa shape index (κ1) is 18.8. The highest BCUT2D eigenvalue weighted by Crippen LogP contribution is 2.11. The lowest BCUT2D eigenvalue weighted by Crippen LogP contribution is -2.46. The van der Waals surface area contributed by atoms with Crippen molar-refractivity contribution in [2.24, 2.45) is 0 Å². The minimum atomic E-state index is 0. The normalized spacial score (nSPS) is 17.4. The number of hydrogen-bond acceptors (Lipinski definition) is 3. The first-order chi connectivity index (χ1) is 10.3. The first-order valence-electron chi connectivity index (χ1n) is 7.96. The van der Waals surface area contributed by atoms with Gasteiger partial charge in [0, 0.05) is 6.54 Å². The molecule has 1 fully saturated rings. The molecule has 1 aromatic carbocycles. The van der Waals surface area contributed by atoms with Crippen LogP contribution < -0.4 is 15.4 Å². The van der Waals surface area contributed by atoms with Crippen LogP contribution in [0.1, 0.15) is 37.7 Å². The van der Waals surface area contributed by atoms with Crippen LogP contribution in [0.25, 0.3) is 0 Å². The van der Waals surface area contributed by atoms with E-state index in [1.54, 1.807) is 0 Å². The van der Waals surface area contributed by atoms with Gasteiger partial charge in [0.1, 0.15) is 5.75 Å². The van der Waals surface area contributed by atoms with Crippen LogP contribution in [0.3, 0.4) is 0 Å². The summed E-state index contributed by atoms with van der Waals surface area (Å²) < 4.78 is 5.66. The minimum absolute atomic E-state index is 0. The zero-order chi connectivity index (χ0) is 14.9. The lowest BCUT2D eigenvalue weighted by Gasteiger charge is -2.22. The van der Waals surface area contributed by atoms with Gasteiger partial charge in [-0.2, -0.15) is 0 Å². The maximum absolute atomic E-state index is 11.9. The maximum atomic E-state index is 11.9. The molecule has 0 radical (unpaired) electrons. The molecule has 1 aromatic rings. The molecule has 1 atom stereocenters. The second kappa shape index (κ2) is 10.5. The van der Waals surface area contributed by atoms with Crippen LogP contribution in [-0.2, 0) is 4.79 Å². The summed E-state index contributed by atoms with van der Waals surface area (Å²) in [7, 11) is 0. The highest BCUT2D eigenvalue weighted by atomic mass is 35.5. The van der Waals surface area contributed by atoms with Gasteiger partial charge in [-0.15, -0.1) is 12.4 Å². The van der Waals surface area contributed by atoms with Crippen molar-refractivity contribution in [2.75, 3.05) is 19.7 Å². The fourth-order valence-corrected chi connectivity index (χ4v) is 2.46. The van der Waals surface area contributed by atoms with Crippen molar-refractivity contribution >= 4 is 18.3 Å². The van der Waals surface area contributed by atoms with E-state index in [1.165, 1.54) is 12.0 Å². The molecule has 1 amide bonds. The van der Waals surface area contributed by atoms with Gasteiger partial charge in [0.15, 0.2) is 0 Å². The van der Waals surface area contributed by atoms with E-state index >= 15 is 0 Å². The van der Waals surface area contributed by atoms with Crippen LogP contribution in [0.5, 0.6) is 5.75 Å². The zero-order valence-electron chi connectivity index (χ0n) is 13.3. The quantitative estimate of drug-likeness (QED) is 0.758. The standard InChI is InChI=1S/C17H26N2O2.ClH/c1-14-7-9-15(10-8-14)21-13-5-4-12-19-17(20)16-6-2-3-11-18-16;/h7-10,16,18H,2-6,11-13H2,1H3,(H,19,20);1H. The van der Waals surface area contributed by atoms with Gasteiger partial charge in [0.2, 0.25) is 5.91 Å². The van der Waals surface area contributed by atoms with Crippen LogP contribution in [-0.4, -0.2) is 31.6 Å². The number of halogens is 1. The Morgan fingerprint density at radius 2 is 2.05 bits per heavy atom. The Morgan fingerprint density at radius 1 is 1.27 bits per heavy atom. The Morgan fingerprint density at radius 3 is 2.73 bits per heavy atom. The fourth-order valence-electron chi connectivity index (χ4n) is 2.46. The number of piperidine rings is 1. The number of amides is 1. The van der Waals surface area contributed by atoms with Gasteiger partial charge in [-0.3, -0.25) is 4.79 Å². The Hall–Kier alpha value is -1.26. The van der Waals surface area contributed by atoms with Crippen molar-refractivity contribution in [3.63, 3.8) is 0 Å². The Kier molecular flexibility index (Phi) is 8.94. The molecule has 4 nitrogen and oxygen atoms in total. The topological polar surface area (TPSA) is 50.4 Å². The van der Waals surface area contributed by atoms with Crippen molar-refractivity contribution in [1.29, 1.82) is 0 Å². The number of benzene rings is 1. The van der Waals surface area contributed by atoms with Gasteiger partial charge < -0.3 is 15.4 Å². The molecule has 0 saturated carbocycles. The predicted octanol–water partition coefficient (Wildman–Crippen LogP) is 2.83. The van der Waals surface area contributed by atoms with Crippen molar-refractivity contribution in [1.82, 2.24) is 10.6 Å². The van der Waals surface area contributed by atoms with Crippen LogP contribution in [0, 0.1) is 6.92 Å². The summed E-state index contributed by atoms with van der Waals surface area (Å²) in [5, 5.41) is 6.26. The summed E-state index contributed by atoms with van der Waals surface area (Å²) in [4.78, 5) is 11.9. The smallest absolute Gasteiger partial charge is 0.237 e. The number of nitrogens with one attached hydrogen (secondary N) is 2. The molecule has 22 heavy (non-hydrogen) atoms. The third-order valence-electron chi connectivity index (χ3n) is 3.79. The minimum Gasteiger partial charge on any atom is -0.494 e. The molecule has 0 bridgehead atoms. The highest BCUT2D eigenvalue weighted by Gasteiger charge is 2.19. The second-order valence-electron chi connectivity index (χ2n) is 5.66. The molecule has 5 heteroatoms. The lowest BCUT2D eigenvalue weighted by atomic mass is 10.0. The van der Waals surface area contributed by atoms with Gasteiger partial charge in [-0.1, -0.05) is 24.1 Å². The molecular formula is C17H27ClN2O2. The van der Waals surface area contributed by atoms with E-state index in [0.29, 0.717) is 6.61 Å². The van der Waals surface area contributed by atoms with Gasteiger partial charge in [-0.25, -0.2) is 0 Å².